The predicted octanol–water partition coefficient (Wildman–Crippen LogP) is 3.41. The monoisotopic (exact) mass is 306 g/mol. The first-order chi connectivity index (χ1) is 11.1. The zero-order chi connectivity index (χ0) is 16.2. The maximum Gasteiger partial charge on any atom is 0.251 e. The number of carbonyl (C=O) groups excluding carboxylic acids is 1. The number of H-pyrrole nitrogens is 1. The van der Waals surface area contributed by atoms with Gasteiger partial charge in [-0.3, -0.25) is 9.59 Å². The third kappa shape index (κ3) is 3.66. The SMILES string of the molecule is Cc1cc2cc(CCC(=O)Nc3ccccc3)ccc2[nH]c1=O. The Morgan fingerprint density at radius 1 is 1.09 bits per heavy atom. The molecule has 0 saturated heterocycles. The second kappa shape index (κ2) is 6.48. The summed E-state index contributed by atoms with van der Waals surface area (Å²) in [7, 11) is 0. The van der Waals surface area contributed by atoms with E-state index in [1.54, 1.807) is 6.92 Å². The van der Waals surface area contributed by atoms with Crippen molar-refractivity contribution in [2.24, 2.45) is 0 Å². The lowest BCUT2D eigenvalue weighted by Crippen LogP contribution is -2.12. The van der Waals surface area contributed by atoms with Gasteiger partial charge >= 0.3 is 0 Å². The number of carbonyl (C=O) groups is 1. The molecule has 4 heteroatoms. The van der Waals surface area contributed by atoms with Gasteiger partial charge in [0.25, 0.3) is 5.56 Å². The standard InChI is InChI=1S/C19H18N2O2/c1-13-11-15-12-14(7-9-17(15)21-19(13)23)8-10-18(22)20-16-5-3-2-4-6-16/h2-7,9,11-12H,8,10H2,1H3,(H,20,22)(H,21,23). The highest BCUT2D eigenvalue weighted by molar-refractivity contribution is 5.90. The fourth-order valence-electron chi connectivity index (χ4n) is 2.52. The molecule has 23 heavy (non-hydrogen) atoms. The number of fused-ring (bicyclic) bond motifs is 1. The highest BCUT2D eigenvalue weighted by atomic mass is 16.1. The van der Waals surface area contributed by atoms with E-state index in [-0.39, 0.29) is 11.5 Å². The summed E-state index contributed by atoms with van der Waals surface area (Å²) in [6.07, 6.45) is 1.08. The van der Waals surface area contributed by atoms with Crippen LogP contribution in [0.25, 0.3) is 10.9 Å². The van der Waals surface area contributed by atoms with Crippen molar-refractivity contribution in [3.05, 3.63) is 76.1 Å². The van der Waals surface area contributed by atoms with Gasteiger partial charge in [0, 0.05) is 23.2 Å². The molecular weight excluding hydrogens is 288 g/mol. The summed E-state index contributed by atoms with van der Waals surface area (Å²) in [5, 5.41) is 3.87. The molecule has 0 aliphatic heterocycles. The summed E-state index contributed by atoms with van der Waals surface area (Å²) in [5.74, 6) is -0.00561. The molecular formula is C19H18N2O2. The molecule has 3 rings (SSSR count). The fourth-order valence-corrected chi connectivity index (χ4v) is 2.52. The van der Waals surface area contributed by atoms with E-state index in [1.165, 1.54) is 0 Å². The van der Waals surface area contributed by atoms with Gasteiger partial charge in [-0.2, -0.15) is 0 Å². The molecule has 0 spiro atoms. The third-order valence-corrected chi connectivity index (χ3v) is 3.79. The van der Waals surface area contributed by atoms with Gasteiger partial charge in [0.1, 0.15) is 0 Å². The Morgan fingerprint density at radius 2 is 1.87 bits per heavy atom. The third-order valence-electron chi connectivity index (χ3n) is 3.79. The molecule has 0 fully saturated rings. The molecule has 0 bridgehead atoms. The van der Waals surface area contributed by atoms with Crippen LogP contribution in [0, 0.1) is 6.92 Å². The average Bonchev–Trinajstić information content (AvgIpc) is 2.55. The fraction of sp³-hybridized carbons (Fsp3) is 0.158. The number of nitrogens with one attached hydrogen (secondary N) is 2. The molecule has 1 aromatic heterocycles. The number of pyridine rings is 1. The number of hydrogen-bond donors (Lipinski definition) is 2. The molecule has 1 heterocycles. The van der Waals surface area contributed by atoms with Crippen LogP contribution in [0.4, 0.5) is 5.69 Å². The van der Waals surface area contributed by atoms with Gasteiger partial charge in [0.05, 0.1) is 0 Å². The lowest BCUT2D eigenvalue weighted by Gasteiger charge is -2.06. The van der Waals surface area contributed by atoms with E-state index in [0.29, 0.717) is 18.4 Å². The van der Waals surface area contributed by atoms with Crippen LogP contribution in [0.2, 0.25) is 0 Å². The lowest BCUT2D eigenvalue weighted by molar-refractivity contribution is -0.116. The molecule has 0 atom stereocenters. The Labute approximate surface area is 134 Å². The Kier molecular flexibility index (Phi) is 4.24. The molecule has 1 amide bonds. The number of anilines is 1. The van der Waals surface area contributed by atoms with Gasteiger partial charge in [0.15, 0.2) is 0 Å². The van der Waals surface area contributed by atoms with Crippen LogP contribution in [0.1, 0.15) is 17.5 Å². The van der Waals surface area contributed by atoms with Gasteiger partial charge in [-0.25, -0.2) is 0 Å². The van der Waals surface area contributed by atoms with Crippen molar-refractivity contribution < 1.29 is 4.79 Å². The zero-order valence-corrected chi connectivity index (χ0v) is 12.9. The van der Waals surface area contributed by atoms with Crippen LogP contribution >= 0.6 is 0 Å². The first-order valence-corrected chi connectivity index (χ1v) is 7.59. The average molecular weight is 306 g/mol. The number of benzene rings is 2. The molecule has 0 aliphatic carbocycles. The Bertz CT molecular complexity index is 898. The topological polar surface area (TPSA) is 62.0 Å². The van der Waals surface area contributed by atoms with E-state index in [1.807, 2.05) is 54.6 Å². The van der Waals surface area contributed by atoms with Crippen LogP contribution in [0.15, 0.2) is 59.4 Å². The summed E-state index contributed by atoms with van der Waals surface area (Å²) < 4.78 is 0. The molecule has 2 N–H and O–H groups in total. The Hall–Kier alpha value is -2.88. The maximum atomic E-state index is 12.0. The van der Waals surface area contributed by atoms with Crippen molar-refractivity contribution in [2.75, 3.05) is 5.32 Å². The minimum absolute atomic E-state index is 0.00561. The first-order valence-electron chi connectivity index (χ1n) is 7.59. The minimum Gasteiger partial charge on any atom is -0.326 e. The molecule has 0 unspecified atom stereocenters. The van der Waals surface area contributed by atoms with Gasteiger partial charge < -0.3 is 10.3 Å². The molecule has 3 aromatic rings. The summed E-state index contributed by atoms with van der Waals surface area (Å²) in [4.78, 5) is 26.4. The van der Waals surface area contributed by atoms with E-state index >= 15 is 0 Å². The van der Waals surface area contributed by atoms with E-state index < -0.39 is 0 Å². The van der Waals surface area contributed by atoms with Crippen LogP contribution in [-0.4, -0.2) is 10.9 Å². The quantitative estimate of drug-likeness (QED) is 0.776. The number of amides is 1. The van der Waals surface area contributed by atoms with Crippen LogP contribution < -0.4 is 10.9 Å². The molecule has 0 saturated carbocycles. The van der Waals surface area contributed by atoms with Gasteiger partial charge in [-0.15, -0.1) is 0 Å². The first kappa shape index (κ1) is 15.0. The molecule has 2 aromatic carbocycles. The van der Waals surface area contributed by atoms with Crippen molar-refractivity contribution in [2.45, 2.75) is 19.8 Å². The number of aryl methyl sites for hydroxylation is 2. The van der Waals surface area contributed by atoms with E-state index in [9.17, 15) is 9.59 Å². The van der Waals surface area contributed by atoms with Gasteiger partial charge in [0.2, 0.25) is 5.91 Å². The highest BCUT2D eigenvalue weighted by Crippen LogP contribution is 2.15. The summed E-state index contributed by atoms with van der Waals surface area (Å²) in [5.41, 5.74) is 3.33. The summed E-state index contributed by atoms with van der Waals surface area (Å²) in [6, 6.07) is 17.2. The molecule has 4 nitrogen and oxygen atoms in total. The van der Waals surface area contributed by atoms with Gasteiger partial charge in [-0.05, 0) is 54.6 Å². The van der Waals surface area contributed by atoms with E-state index in [0.717, 1.165) is 22.2 Å². The Balaban J connectivity index is 1.68. The summed E-state index contributed by atoms with van der Waals surface area (Å²) >= 11 is 0. The maximum absolute atomic E-state index is 12.0. The van der Waals surface area contributed by atoms with E-state index in [2.05, 4.69) is 10.3 Å². The summed E-state index contributed by atoms with van der Waals surface area (Å²) in [6.45, 7) is 1.79. The van der Waals surface area contributed by atoms with Crippen LogP contribution in [0.3, 0.4) is 0 Å². The molecule has 0 aliphatic rings. The highest BCUT2D eigenvalue weighted by Gasteiger charge is 2.05. The number of aromatic amines is 1. The van der Waals surface area contributed by atoms with Crippen molar-refractivity contribution in [3.8, 4) is 0 Å². The number of hydrogen-bond acceptors (Lipinski definition) is 2. The van der Waals surface area contributed by atoms with Crippen molar-refractivity contribution >= 4 is 22.5 Å². The predicted molar refractivity (Wildman–Crippen MR) is 92.7 cm³/mol. The zero-order valence-electron chi connectivity index (χ0n) is 12.9. The largest absolute Gasteiger partial charge is 0.326 e. The minimum atomic E-state index is -0.0625. The lowest BCUT2D eigenvalue weighted by atomic mass is 10.1. The second-order valence-electron chi connectivity index (χ2n) is 5.62. The van der Waals surface area contributed by atoms with Crippen molar-refractivity contribution in [1.82, 2.24) is 4.98 Å². The normalized spacial score (nSPS) is 10.7. The smallest absolute Gasteiger partial charge is 0.251 e. The van der Waals surface area contributed by atoms with Gasteiger partial charge in [-0.1, -0.05) is 24.3 Å². The van der Waals surface area contributed by atoms with Crippen molar-refractivity contribution in [3.63, 3.8) is 0 Å². The number of rotatable bonds is 4. The number of aromatic nitrogens is 1. The van der Waals surface area contributed by atoms with E-state index in [4.69, 9.17) is 0 Å². The van der Waals surface area contributed by atoms with Crippen LogP contribution in [-0.2, 0) is 11.2 Å². The molecule has 116 valence electrons. The van der Waals surface area contributed by atoms with Crippen molar-refractivity contribution in [1.29, 1.82) is 0 Å². The number of para-hydroxylation sites is 1. The molecule has 0 radical (unpaired) electrons. The Morgan fingerprint density at radius 3 is 2.65 bits per heavy atom. The second-order valence-corrected chi connectivity index (χ2v) is 5.62. The van der Waals surface area contributed by atoms with Crippen LogP contribution in [0.5, 0.6) is 0 Å².